The van der Waals surface area contributed by atoms with Gasteiger partial charge in [0.05, 0.1) is 29.4 Å². The molecule has 0 heterocycles. The van der Waals surface area contributed by atoms with E-state index in [4.69, 9.17) is 9.47 Å². The summed E-state index contributed by atoms with van der Waals surface area (Å²) in [4.78, 5) is 22.7. The minimum Gasteiger partial charge on any atom is -0.490 e. The van der Waals surface area contributed by atoms with Gasteiger partial charge in [-0.2, -0.15) is 0 Å². The van der Waals surface area contributed by atoms with E-state index in [1.54, 1.807) is 25.1 Å². The number of nitrogens with zero attached hydrogens (tertiary/aromatic N) is 1. The van der Waals surface area contributed by atoms with Crippen molar-refractivity contribution in [1.29, 1.82) is 0 Å². The molecule has 0 aliphatic carbocycles. The van der Waals surface area contributed by atoms with Gasteiger partial charge in [0.1, 0.15) is 0 Å². The van der Waals surface area contributed by atoms with Crippen LogP contribution in [0.1, 0.15) is 31.4 Å². The van der Waals surface area contributed by atoms with Crippen molar-refractivity contribution in [3.05, 3.63) is 63.7 Å². The van der Waals surface area contributed by atoms with Crippen LogP contribution in [-0.4, -0.2) is 24.0 Å². The lowest BCUT2D eigenvalue weighted by molar-refractivity contribution is -0.385. The number of hydrogen-bond acceptors (Lipinski definition) is 5. The van der Waals surface area contributed by atoms with Crippen LogP contribution < -0.4 is 14.8 Å². The second kappa shape index (κ2) is 10.1. The maximum Gasteiger partial charge on any atom is 0.274 e. The second-order valence-electron chi connectivity index (χ2n) is 6.02. The van der Waals surface area contributed by atoms with E-state index in [9.17, 15) is 14.9 Å². The molecule has 0 spiro atoms. The highest BCUT2D eigenvalue weighted by Gasteiger charge is 2.14. The van der Waals surface area contributed by atoms with Crippen LogP contribution in [0, 0.1) is 17.0 Å². The van der Waals surface area contributed by atoms with Gasteiger partial charge in [0.15, 0.2) is 11.5 Å². The molecular formula is C21H24N2O5. The Morgan fingerprint density at radius 3 is 2.64 bits per heavy atom. The van der Waals surface area contributed by atoms with Crippen LogP contribution in [0.3, 0.4) is 0 Å². The average Bonchev–Trinajstić information content (AvgIpc) is 2.67. The first kappa shape index (κ1) is 21.0. The van der Waals surface area contributed by atoms with E-state index in [0.29, 0.717) is 36.0 Å². The number of carbonyl (C=O) groups excluding carboxylic acids is 1. The Morgan fingerprint density at radius 2 is 1.96 bits per heavy atom. The van der Waals surface area contributed by atoms with Crippen molar-refractivity contribution in [3.63, 3.8) is 0 Å². The van der Waals surface area contributed by atoms with Crippen molar-refractivity contribution < 1.29 is 19.2 Å². The minimum absolute atomic E-state index is 0.0363. The third-order valence-electron chi connectivity index (χ3n) is 3.92. The summed E-state index contributed by atoms with van der Waals surface area (Å²) in [5.74, 6) is 0.901. The molecule has 2 rings (SSSR count). The molecule has 0 fully saturated rings. The van der Waals surface area contributed by atoms with E-state index >= 15 is 0 Å². The highest BCUT2D eigenvalue weighted by molar-refractivity contribution is 6.02. The van der Waals surface area contributed by atoms with Gasteiger partial charge >= 0.3 is 0 Å². The van der Waals surface area contributed by atoms with Gasteiger partial charge in [0.25, 0.3) is 5.69 Å². The largest absolute Gasteiger partial charge is 0.490 e. The summed E-state index contributed by atoms with van der Waals surface area (Å²) >= 11 is 0. The van der Waals surface area contributed by atoms with E-state index in [1.165, 1.54) is 18.2 Å². The smallest absolute Gasteiger partial charge is 0.274 e. The Morgan fingerprint density at radius 1 is 1.18 bits per heavy atom. The minimum atomic E-state index is -0.474. The van der Waals surface area contributed by atoms with Crippen molar-refractivity contribution in [2.24, 2.45) is 0 Å². The lowest BCUT2D eigenvalue weighted by Crippen LogP contribution is -2.09. The number of rotatable bonds is 9. The fourth-order valence-corrected chi connectivity index (χ4v) is 2.53. The molecule has 0 saturated carbocycles. The Kier molecular flexibility index (Phi) is 7.56. The lowest BCUT2D eigenvalue weighted by Gasteiger charge is -2.12. The summed E-state index contributed by atoms with van der Waals surface area (Å²) in [5, 5.41) is 13.7. The summed E-state index contributed by atoms with van der Waals surface area (Å²) < 4.78 is 11.3. The summed E-state index contributed by atoms with van der Waals surface area (Å²) in [6, 6.07) is 10.0. The third-order valence-corrected chi connectivity index (χ3v) is 3.92. The standard InChI is InChI=1S/C21H24N2O5/c1-4-13-28-19-11-9-16(14-20(19)27-5-2)10-12-21(24)22-17-7-6-8-18(15(17)3)23(25)26/h6-12,14H,4-5,13H2,1-3H3,(H,22,24)/b12-10+. The number of nitro benzene ring substituents is 1. The summed E-state index contributed by atoms with van der Waals surface area (Å²) in [6.07, 6.45) is 3.91. The number of nitro groups is 1. The number of anilines is 1. The molecule has 0 saturated heterocycles. The molecule has 1 amide bonds. The molecule has 2 aromatic carbocycles. The van der Waals surface area contributed by atoms with Crippen molar-refractivity contribution >= 4 is 23.4 Å². The topological polar surface area (TPSA) is 90.7 Å². The number of hydrogen-bond donors (Lipinski definition) is 1. The first-order valence-electron chi connectivity index (χ1n) is 9.09. The molecule has 0 bridgehead atoms. The molecule has 0 atom stereocenters. The number of ether oxygens (including phenoxy) is 2. The van der Waals surface area contributed by atoms with E-state index < -0.39 is 4.92 Å². The zero-order chi connectivity index (χ0) is 20.5. The summed E-state index contributed by atoms with van der Waals surface area (Å²) in [6.45, 7) is 6.61. The maximum atomic E-state index is 12.2. The molecule has 0 unspecified atom stereocenters. The maximum absolute atomic E-state index is 12.2. The van der Waals surface area contributed by atoms with Crippen LogP contribution in [0.5, 0.6) is 11.5 Å². The molecule has 0 aliphatic heterocycles. The average molecular weight is 384 g/mol. The van der Waals surface area contributed by atoms with Crippen LogP contribution >= 0.6 is 0 Å². The van der Waals surface area contributed by atoms with Gasteiger partial charge < -0.3 is 14.8 Å². The van der Waals surface area contributed by atoms with Crippen molar-refractivity contribution in [1.82, 2.24) is 0 Å². The Balaban J connectivity index is 2.12. The highest BCUT2D eigenvalue weighted by atomic mass is 16.6. The van der Waals surface area contributed by atoms with Gasteiger partial charge in [-0.15, -0.1) is 0 Å². The van der Waals surface area contributed by atoms with Gasteiger partial charge in [0.2, 0.25) is 5.91 Å². The zero-order valence-electron chi connectivity index (χ0n) is 16.2. The number of benzene rings is 2. The van der Waals surface area contributed by atoms with Gasteiger partial charge in [-0.1, -0.05) is 19.1 Å². The molecule has 1 N–H and O–H groups in total. The number of carbonyl (C=O) groups is 1. The van der Waals surface area contributed by atoms with Crippen LogP contribution in [-0.2, 0) is 4.79 Å². The predicted octanol–water partition coefficient (Wildman–Crippen LogP) is 4.74. The molecule has 7 heteroatoms. The fraction of sp³-hybridized carbons (Fsp3) is 0.286. The van der Waals surface area contributed by atoms with E-state index in [1.807, 2.05) is 26.0 Å². The predicted molar refractivity (Wildman–Crippen MR) is 109 cm³/mol. The highest BCUT2D eigenvalue weighted by Crippen LogP contribution is 2.29. The summed E-state index contributed by atoms with van der Waals surface area (Å²) in [7, 11) is 0. The molecule has 7 nitrogen and oxygen atoms in total. The van der Waals surface area contributed by atoms with Gasteiger partial charge in [-0.3, -0.25) is 14.9 Å². The molecule has 0 aromatic heterocycles. The molecule has 0 radical (unpaired) electrons. The Hall–Kier alpha value is -3.35. The first-order chi connectivity index (χ1) is 13.5. The Bertz CT molecular complexity index is 877. The molecule has 28 heavy (non-hydrogen) atoms. The lowest BCUT2D eigenvalue weighted by atomic mass is 10.1. The zero-order valence-corrected chi connectivity index (χ0v) is 16.2. The van der Waals surface area contributed by atoms with Crippen molar-refractivity contribution in [3.8, 4) is 11.5 Å². The number of nitrogens with one attached hydrogen (secondary N) is 1. The molecule has 148 valence electrons. The molecule has 2 aromatic rings. The third kappa shape index (κ3) is 5.57. The summed E-state index contributed by atoms with van der Waals surface area (Å²) in [5.41, 5.74) is 1.55. The van der Waals surface area contributed by atoms with E-state index in [0.717, 1.165) is 12.0 Å². The Labute approximate surface area is 164 Å². The first-order valence-corrected chi connectivity index (χ1v) is 9.09. The van der Waals surface area contributed by atoms with Crippen molar-refractivity contribution in [2.45, 2.75) is 27.2 Å². The van der Waals surface area contributed by atoms with Crippen LogP contribution in [0.2, 0.25) is 0 Å². The monoisotopic (exact) mass is 384 g/mol. The fourth-order valence-electron chi connectivity index (χ4n) is 2.53. The van der Waals surface area contributed by atoms with Crippen LogP contribution in [0.25, 0.3) is 6.08 Å². The SMILES string of the molecule is CCCOc1ccc(/C=C/C(=O)Nc2cccc([N+](=O)[O-])c2C)cc1OCC. The van der Waals surface area contributed by atoms with E-state index in [-0.39, 0.29) is 11.6 Å². The second-order valence-corrected chi connectivity index (χ2v) is 6.02. The van der Waals surface area contributed by atoms with Gasteiger partial charge in [-0.05, 0) is 50.1 Å². The quantitative estimate of drug-likeness (QED) is 0.383. The van der Waals surface area contributed by atoms with Crippen molar-refractivity contribution in [2.75, 3.05) is 18.5 Å². The van der Waals surface area contributed by atoms with Gasteiger partial charge in [-0.25, -0.2) is 0 Å². The normalized spacial score (nSPS) is 10.7. The number of amides is 1. The van der Waals surface area contributed by atoms with Crippen LogP contribution in [0.15, 0.2) is 42.5 Å². The van der Waals surface area contributed by atoms with Crippen LogP contribution in [0.4, 0.5) is 11.4 Å². The molecular weight excluding hydrogens is 360 g/mol. The van der Waals surface area contributed by atoms with E-state index in [2.05, 4.69) is 5.32 Å². The molecule has 0 aliphatic rings. The van der Waals surface area contributed by atoms with Gasteiger partial charge in [0, 0.05) is 12.1 Å².